The third-order valence-corrected chi connectivity index (χ3v) is 6.37. The van der Waals surface area contributed by atoms with E-state index in [1.165, 1.54) is 10.6 Å². The second-order valence-corrected chi connectivity index (χ2v) is 11.1. The number of ether oxygens (including phenoxy) is 1. The van der Waals surface area contributed by atoms with Crippen molar-refractivity contribution in [3.05, 3.63) is 0 Å². The number of carbonyl (C=O) groups excluding carboxylic acids is 2. The van der Waals surface area contributed by atoms with Crippen LogP contribution in [0.1, 0.15) is 46.5 Å². The summed E-state index contributed by atoms with van der Waals surface area (Å²) < 4.78 is 30.5. The van der Waals surface area contributed by atoms with Gasteiger partial charge in [0.1, 0.15) is 5.60 Å². The maximum Gasteiger partial charge on any atom is 0.443 e. The Morgan fingerprint density at radius 2 is 1.90 bits per heavy atom. The summed E-state index contributed by atoms with van der Waals surface area (Å²) in [5, 5.41) is 6.91. The van der Waals surface area contributed by atoms with Gasteiger partial charge in [-0.05, 0) is 71.4 Å². The van der Waals surface area contributed by atoms with Crippen LogP contribution in [-0.2, 0) is 19.6 Å². The van der Waals surface area contributed by atoms with Crippen molar-refractivity contribution in [3.63, 3.8) is 0 Å². The number of carbonyl (C=O) groups is 2. The summed E-state index contributed by atoms with van der Waals surface area (Å²) in [7, 11) is -3.32. The van der Waals surface area contributed by atoms with E-state index in [1.807, 2.05) is 0 Å². The molecule has 0 aromatic carbocycles. The lowest BCUT2D eigenvalue weighted by atomic mass is 10.00. The van der Waals surface area contributed by atoms with Gasteiger partial charge in [-0.1, -0.05) is 0 Å². The summed E-state index contributed by atoms with van der Waals surface area (Å²) in [5.41, 5.74) is -0.756. The molecule has 2 fully saturated rings. The van der Waals surface area contributed by atoms with E-state index in [1.54, 1.807) is 20.8 Å². The first-order chi connectivity index (χ1) is 13.9. The fourth-order valence-corrected chi connectivity index (χ4v) is 4.57. The van der Waals surface area contributed by atoms with Crippen LogP contribution in [0.15, 0.2) is 0 Å². The van der Waals surface area contributed by atoms with Crippen LogP contribution in [0.2, 0.25) is 0 Å². The molecule has 2 amide bonds. The highest BCUT2D eigenvalue weighted by Gasteiger charge is 2.32. The van der Waals surface area contributed by atoms with Crippen molar-refractivity contribution in [2.45, 2.75) is 52.1 Å². The molecule has 2 unspecified atom stereocenters. The minimum absolute atomic E-state index is 0.0688. The molecular weight excluding hydrogens is 412 g/mol. The van der Waals surface area contributed by atoms with E-state index < -0.39 is 27.8 Å². The Morgan fingerprint density at radius 1 is 1.20 bits per heavy atom. The molecule has 0 aromatic rings. The minimum Gasteiger partial charge on any atom is -0.442 e. The Kier molecular flexibility index (Phi) is 8.74. The Bertz CT molecular complexity index is 688. The second-order valence-electron chi connectivity index (χ2n) is 9.14. The van der Waals surface area contributed by atoms with E-state index in [-0.39, 0.29) is 19.0 Å². The maximum absolute atomic E-state index is 12.6. The maximum atomic E-state index is 12.6. The average molecular weight is 449 g/mol. The molecule has 2 N–H and O–H groups in total. The van der Waals surface area contributed by atoms with E-state index in [2.05, 4.69) is 10.6 Å². The minimum atomic E-state index is -3.32. The summed E-state index contributed by atoms with van der Waals surface area (Å²) in [5.74, 6) is 0.166. The quantitative estimate of drug-likeness (QED) is 0.613. The Morgan fingerprint density at radius 3 is 2.50 bits per heavy atom. The molecule has 174 valence electrons. The lowest BCUT2D eigenvalue weighted by molar-refractivity contribution is -0.109. The molecule has 2 aliphatic rings. The largest absolute Gasteiger partial charge is 0.443 e. The highest BCUT2D eigenvalue weighted by atomic mass is 32.2. The van der Waals surface area contributed by atoms with Crippen LogP contribution in [0.5, 0.6) is 0 Å². The van der Waals surface area contributed by atoms with E-state index in [0.29, 0.717) is 25.4 Å². The molecule has 2 heterocycles. The second kappa shape index (κ2) is 10.6. The molecule has 2 saturated heterocycles. The van der Waals surface area contributed by atoms with Crippen LogP contribution in [0.25, 0.3) is 0 Å². The fraction of sp³-hybridized carbons (Fsp3) is 0.895. The van der Waals surface area contributed by atoms with Crippen molar-refractivity contribution < 1.29 is 27.6 Å². The van der Waals surface area contributed by atoms with Gasteiger partial charge in [0.05, 0.1) is 12.8 Å². The Labute approximate surface area is 179 Å². The third-order valence-electron chi connectivity index (χ3n) is 5.10. The molecule has 0 bridgehead atoms. The Hall–Kier alpha value is -1.59. The molecule has 2 atom stereocenters. The number of nitrogens with zero attached hydrogens (tertiary/aromatic N) is 2. The summed E-state index contributed by atoms with van der Waals surface area (Å²) in [6, 6.07) is 0. The van der Waals surface area contributed by atoms with Crippen molar-refractivity contribution in [2.75, 3.05) is 45.5 Å². The van der Waals surface area contributed by atoms with Crippen LogP contribution < -0.4 is 10.6 Å². The smallest absolute Gasteiger partial charge is 0.442 e. The topological polar surface area (TPSA) is 117 Å². The molecule has 2 aliphatic heterocycles. The molecule has 11 heteroatoms. The van der Waals surface area contributed by atoms with Crippen LogP contribution >= 0.6 is 0 Å². The first-order valence-corrected chi connectivity index (χ1v) is 12.4. The summed E-state index contributed by atoms with van der Waals surface area (Å²) in [6.45, 7) is 8.26. The number of piperidine rings is 2. The lowest BCUT2D eigenvalue weighted by Gasteiger charge is -2.34. The van der Waals surface area contributed by atoms with Gasteiger partial charge >= 0.3 is 12.2 Å². The van der Waals surface area contributed by atoms with Crippen molar-refractivity contribution in [1.82, 2.24) is 20.0 Å². The van der Waals surface area contributed by atoms with Gasteiger partial charge in [0.25, 0.3) is 0 Å². The first-order valence-electron chi connectivity index (χ1n) is 10.6. The van der Waals surface area contributed by atoms with Gasteiger partial charge in [0.15, 0.2) is 0 Å². The van der Waals surface area contributed by atoms with E-state index in [4.69, 9.17) is 9.57 Å². The van der Waals surface area contributed by atoms with Gasteiger partial charge in [-0.2, -0.15) is 0 Å². The number of hydrogen-bond acceptors (Lipinski definition) is 7. The van der Waals surface area contributed by atoms with Crippen molar-refractivity contribution in [3.8, 4) is 0 Å². The zero-order chi connectivity index (χ0) is 22.4. The van der Waals surface area contributed by atoms with Crippen molar-refractivity contribution in [2.24, 2.45) is 11.8 Å². The highest BCUT2D eigenvalue weighted by Crippen LogP contribution is 2.21. The van der Waals surface area contributed by atoms with Crippen LogP contribution in [0.3, 0.4) is 0 Å². The molecule has 0 radical (unpaired) electrons. The number of sulfonamides is 1. The van der Waals surface area contributed by atoms with Gasteiger partial charge in [-0.25, -0.2) is 22.3 Å². The predicted molar refractivity (Wildman–Crippen MR) is 112 cm³/mol. The standard InChI is InChI=1S/C19H36N4O6S/c1-19(2,3)28-18(25)23(14-16-8-6-10-22(13-16)30(4,26)27)29-17(24)21-12-15-7-5-9-20-11-15/h15-16,20H,5-14H2,1-4H3,(H,21,24). The van der Waals surface area contributed by atoms with Crippen molar-refractivity contribution in [1.29, 1.82) is 0 Å². The molecule has 0 spiro atoms. The van der Waals surface area contributed by atoms with Gasteiger partial charge < -0.3 is 20.2 Å². The first kappa shape index (κ1) is 24.7. The van der Waals surface area contributed by atoms with Gasteiger partial charge in [0, 0.05) is 19.6 Å². The number of rotatable bonds is 5. The van der Waals surface area contributed by atoms with Crippen LogP contribution in [0, 0.1) is 11.8 Å². The molecule has 2 rings (SSSR count). The molecule has 10 nitrogen and oxygen atoms in total. The van der Waals surface area contributed by atoms with Gasteiger partial charge in [-0.3, -0.25) is 0 Å². The zero-order valence-corrected chi connectivity index (χ0v) is 19.3. The lowest BCUT2D eigenvalue weighted by Crippen LogP contribution is -2.48. The Balaban J connectivity index is 1.97. The molecule has 0 aromatic heterocycles. The van der Waals surface area contributed by atoms with Crippen LogP contribution in [0.4, 0.5) is 9.59 Å². The zero-order valence-electron chi connectivity index (χ0n) is 18.5. The van der Waals surface area contributed by atoms with Crippen molar-refractivity contribution >= 4 is 22.2 Å². The summed E-state index contributed by atoms with van der Waals surface area (Å²) in [4.78, 5) is 30.2. The molecule has 0 saturated carbocycles. The SMILES string of the molecule is CC(C)(C)OC(=O)N(CC1CCCN(S(C)(=O)=O)C1)OC(=O)NCC1CCCNC1. The summed E-state index contributed by atoms with van der Waals surface area (Å²) in [6.07, 6.45) is 3.17. The van der Waals surface area contributed by atoms with E-state index in [0.717, 1.165) is 37.4 Å². The highest BCUT2D eigenvalue weighted by molar-refractivity contribution is 7.88. The average Bonchev–Trinajstić information content (AvgIpc) is 2.65. The normalized spacial score (nSPS) is 23.5. The van der Waals surface area contributed by atoms with E-state index >= 15 is 0 Å². The number of nitrogens with one attached hydrogen (secondary N) is 2. The van der Waals surface area contributed by atoms with Gasteiger partial charge in [0.2, 0.25) is 10.0 Å². The van der Waals surface area contributed by atoms with Gasteiger partial charge in [-0.15, -0.1) is 5.06 Å². The number of hydroxylamine groups is 2. The van der Waals surface area contributed by atoms with E-state index in [9.17, 15) is 18.0 Å². The van der Waals surface area contributed by atoms with Crippen LogP contribution in [-0.4, -0.2) is 81.1 Å². The molecule has 0 aliphatic carbocycles. The number of amides is 2. The summed E-state index contributed by atoms with van der Waals surface area (Å²) >= 11 is 0. The monoisotopic (exact) mass is 448 g/mol. The molecule has 30 heavy (non-hydrogen) atoms. The predicted octanol–water partition coefficient (Wildman–Crippen LogP) is 1.54. The fourth-order valence-electron chi connectivity index (χ4n) is 3.63. The third kappa shape index (κ3) is 8.65. The molecular formula is C19H36N4O6S. The number of hydrogen-bond donors (Lipinski definition) is 2.